The molecule has 1 aliphatic carbocycles. The molecule has 2 aliphatic rings. The zero-order valence-electron chi connectivity index (χ0n) is 11.6. The summed E-state index contributed by atoms with van der Waals surface area (Å²) in [5.41, 5.74) is 5.91. The summed E-state index contributed by atoms with van der Waals surface area (Å²) in [7, 11) is 1.79. The summed E-state index contributed by atoms with van der Waals surface area (Å²) in [6.45, 7) is 3.36. The molecule has 0 aromatic rings. The molecule has 2 unspecified atom stereocenters. The lowest BCUT2D eigenvalue weighted by atomic mass is 9.79. The van der Waals surface area contributed by atoms with Gasteiger partial charge >= 0.3 is 0 Å². The summed E-state index contributed by atoms with van der Waals surface area (Å²) in [6, 6.07) is 0.583. The molecule has 4 nitrogen and oxygen atoms in total. The van der Waals surface area contributed by atoms with Crippen molar-refractivity contribution in [2.24, 2.45) is 11.7 Å². The molecular weight excluding hydrogens is 228 g/mol. The topological polar surface area (TPSA) is 58.7 Å². The number of piperidine rings is 1. The molecule has 1 aliphatic heterocycles. The highest BCUT2D eigenvalue weighted by atomic mass is 16.5. The van der Waals surface area contributed by atoms with E-state index in [1.165, 1.54) is 32.4 Å². The maximum absolute atomic E-state index is 9.42. The molecule has 2 atom stereocenters. The Labute approximate surface area is 110 Å². The summed E-state index contributed by atoms with van der Waals surface area (Å²) >= 11 is 0. The fourth-order valence-corrected chi connectivity index (χ4v) is 3.54. The Morgan fingerprint density at radius 1 is 1.33 bits per heavy atom. The van der Waals surface area contributed by atoms with E-state index >= 15 is 0 Å². The zero-order valence-corrected chi connectivity index (χ0v) is 11.6. The average molecular weight is 256 g/mol. The number of nitrogens with two attached hydrogens (primary N) is 1. The van der Waals surface area contributed by atoms with Crippen LogP contribution in [0.4, 0.5) is 0 Å². The van der Waals surface area contributed by atoms with Crippen LogP contribution in [0, 0.1) is 5.92 Å². The standard InChI is InChI=1S/C14H28N2O2/c1-18-10-12-4-7-16(8-5-12)13-3-2-6-14(15,9-13)11-17/h12-13,17H,2-11,15H2,1H3. The zero-order chi connectivity index (χ0) is 13.0. The third kappa shape index (κ3) is 3.44. The highest BCUT2D eigenvalue weighted by Crippen LogP contribution is 2.31. The van der Waals surface area contributed by atoms with Crippen LogP contribution in [0.1, 0.15) is 38.5 Å². The van der Waals surface area contributed by atoms with E-state index in [2.05, 4.69) is 4.90 Å². The first kappa shape index (κ1) is 14.3. The van der Waals surface area contributed by atoms with Crippen LogP contribution in [0.5, 0.6) is 0 Å². The van der Waals surface area contributed by atoms with Crippen molar-refractivity contribution in [3.63, 3.8) is 0 Å². The quantitative estimate of drug-likeness (QED) is 0.787. The van der Waals surface area contributed by atoms with Crippen molar-refractivity contribution < 1.29 is 9.84 Å². The molecule has 0 bridgehead atoms. The van der Waals surface area contributed by atoms with Crippen LogP contribution in [0.3, 0.4) is 0 Å². The number of likely N-dealkylation sites (tertiary alicyclic amines) is 1. The number of ether oxygens (including phenoxy) is 1. The number of rotatable bonds is 4. The largest absolute Gasteiger partial charge is 0.394 e. The molecular formula is C14H28N2O2. The SMILES string of the molecule is COCC1CCN(C2CCCC(N)(CO)C2)CC1. The second-order valence-corrected chi connectivity index (χ2v) is 6.21. The summed E-state index contributed by atoms with van der Waals surface area (Å²) in [5, 5.41) is 9.42. The lowest BCUT2D eigenvalue weighted by Gasteiger charge is -2.44. The molecule has 0 amide bonds. The minimum Gasteiger partial charge on any atom is -0.394 e. The maximum Gasteiger partial charge on any atom is 0.0611 e. The molecule has 1 saturated heterocycles. The van der Waals surface area contributed by atoms with Gasteiger partial charge in [-0.15, -0.1) is 0 Å². The number of hydrogen-bond donors (Lipinski definition) is 2. The van der Waals surface area contributed by atoms with Crippen LogP contribution in [0.25, 0.3) is 0 Å². The van der Waals surface area contributed by atoms with Gasteiger partial charge in [0, 0.05) is 25.3 Å². The van der Waals surface area contributed by atoms with Crippen molar-refractivity contribution >= 4 is 0 Å². The van der Waals surface area contributed by atoms with Crippen LogP contribution in [0.2, 0.25) is 0 Å². The van der Waals surface area contributed by atoms with E-state index in [0.29, 0.717) is 6.04 Å². The number of aliphatic hydroxyl groups excluding tert-OH is 1. The molecule has 0 spiro atoms. The lowest BCUT2D eigenvalue weighted by Crippen LogP contribution is -2.54. The van der Waals surface area contributed by atoms with Gasteiger partial charge in [-0.1, -0.05) is 0 Å². The number of nitrogens with zero attached hydrogens (tertiary/aromatic N) is 1. The lowest BCUT2D eigenvalue weighted by molar-refractivity contribution is 0.0427. The van der Waals surface area contributed by atoms with Crippen LogP contribution < -0.4 is 5.73 Å². The fourth-order valence-electron chi connectivity index (χ4n) is 3.54. The van der Waals surface area contributed by atoms with Gasteiger partial charge in [-0.25, -0.2) is 0 Å². The van der Waals surface area contributed by atoms with Crippen LogP contribution in [-0.4, -0.2) is 55.0 Å². The highest BCUT2D eigenvalue weighted by Gasteiger charge is 2.35. The molecule has 0 aromatic carbocycles. The first-order valence-electron chi connectivity index (χ1n) is 7.29. The van der Waals surface area contributed by atoms with Crippen molar-refractivity contribution in [3.8, 4) is 0 Å². The summed E-state index contributed by atoms with van der Waals surface area (Å²) in [4.78, 5) is 2.59. The molecule has 1 heterocycles. The Balaban J connectivity index is 1.82. The van der Waals surface area contributed by atoms with Crippen molar-refractivity contribution in [2.45, 2.75) is 50.1 Å². The number of methoxy groups -OCH3 is 1. The molecule has 2 rings (SSSR count). The predicted molar refractivity (Wildman–Crippen MR) is 72.4 cm³/mol. The summed E-state index contributed by atoms with van der Waals surface area (Å²) in [6.07, 6.45) is 6.80. The van der Waals surface area contributed by atoms with Crippen molar-refractivity contribution in [1.82, 2.24) is 4.90 Å². The smallest absolute Gasteiger partial charge is 0.0611 e. The predicted octanol–water partition coefficient (Wildman–Crippen LogP) is 0.977. The highest BCUT2D eigenvalue weighted by molar-refractivity contribution is 4.94. The van der Waals surface area contributed by atoms with Gasteiger partial charge in [0.15, 0.2) is 0 Å². The van der Waals surface area contributed by atoms with Gasteiger partial charge in [0.05, 0.1) is 6.61 Å². The van der Waals surface area contributed by atoms with E-state index < -0.39 is 0 Å². The van der Waals surface area contributed by atoms with Crippen molar-refractivity contribution in [2.75, 3.05) is 33.4 Å². The number of hydrogen-bond acceptors (Lipinski definition) is 4. The van der Waals surface area contributed by atoms with Crippen molar-refractivity contribution in [3.05, 3.63) is 0 Å². The molecule has 1 saturated carbocycles. The van der Waals surface area contributed by atoms with E-state index in [0.717, 1.165) is 31.8 Å². The van der Waals surface area contributed by atoms with Crippen LogP contribution >= 0.6 is 0 Å². The maximum atomic E-state index is 9.42. The van der Waals surface area contributed by atoms with Crippen LogP contribution in [-0.2, 0) is 4.74 Å². The van der Waals surface area contributed by atoms with Gasteiger partial charge in [0.25, 0.3) is 0 Å². The van der Waals surface area contributed by atoms with Gasteiger partial charge < -0.3 is 20.5 Å². The second kappa shape index (κ2) is 6.33. The Kier molecular flexibility index (Phi) is 5.01. The minimum absolute atomic E-state index is 0.129. The van der Waals surface area contributed by atoms with Gasteiger partial charge in [0.2, 0.25) is 0 Å². The van der Waals surface area contributed by atoms with Gasteiger partial charge in [-0.2, -0.15) is 0 Å². The number of aliphatic hydroxyl groups is 1. The molecule has 4 heteroatoms. The molecule has 2 fully saturated rings. The monoisotopic (exact) mass is 256 g/mol. The van der Waals surface area contributed by atoms with Gasteiger partial charge in [-0.3, -0.25) is 0 Å². The normalized spacial score (nSPS) is 35.8. The first-order valence-corrected chi connectivity index (χ1v) is 7.29. The van der Waals surface area contributed by atoms with E-state index in [1.54, 1.807) is 7.11 Å². The van der Waals surface area contributed by atoms with E-state index in [4.69, 9.17) is 10.5 Å². The summed E-state index contributed by atoms with van der Waals surface area (Å²) in [5.74, 6) is 0.732. The molecule has 3 N–H and O–H groups in total. The van der Waals surface area contributed by atoms with Gasteiger partial charge in [0.1, 0.15) is 0 Å². The average Bonchev–Trinajstić information content (AvgIpc) is 2.40. The Bertz CT molecular complexity index is 254. The van der Waals surface area contributed by atoms with Crippen molar-refractivity contribution in [1.29, 1.82) is 0 Å². The summed E-state index contributed by atoms with van der Waals surface area (Å²) < 4.78 is 5.24. The minimum atomic E-state index is -0.327. The second-order valence-electron chi connectivity index (χ2n) is 6.21. The van der Waals surface area contributed by atoms with E-state index in [-0.39, 0.29) is 12.1 Å². The third-order valence-corrected chi connectivity index (χ3v) is 4.74. The molecule has 18 heavy (non-hydrogen) atoms. The third-order valence-electron chi connectivity index (χ3n) is 4.74. The Morgan fingerprint density at radius 3 is 2.67 bits per heavy atom. The van der Waals surface area contributed by atoms with Gasteiger partial charge in [-0.05, 0) is 57.5 Å². The fraction of sp³-hybridized carbons (Fsp3) is 1.00. The van der Waals surface area contributed by atoms with Crippen LogP contribution in [0.15, 0.2) is 0 Å². The first-order chi connectivity index (χ1) is 8.67. The molecule has 106 valence electrons. The Hall–Kier alpha value is -0.160. The van der Waals surface area contributed by atoms with E-state index in [1.807, 2.05) is 0 Å². The Morgan fingerprint density at radius 2 is 2.06 bits per heavy atom. The van der Waals surface area contributed by atoms with E-state index in [9.17, 15) is 5.11 Å². The molecule has 0 aromatic heterocycles. The molecule has 0 radical (unpaired) electrons.